The molecule has 0 saturated heterocycles. The molecule has 3 nitrogen and oxygen atoms in total. The zero-order valence-electron chi connectivity index (χ0n) is 12.9. The molecular formula is C18H14F3NO2S. The maximum atomic E-state index is 13.1. The van der Waals surface area contributed by atoms with Crippen molar-refractivity contribution in [2.24, 2.45) is 0 Å². The highest BCUT2D eigenvalue weighted by atomic mass is 32.1. The predicted molar refractivity (Wildman–Crippen MR) is 88.6 cm³/mol. The van der Waals surface area contributed by atoms with E-state index in [1.807, 2.05) is 16.8 Å². The fourth-order valence-corrected chi connectivity index (χ4v) is 3.28. The van der Waals surface area contributed by atoms with Crippen molar-refractivity contribution < 1.29 is 22.4 Å². The second-order valence-electron chi connectivity index (χ2n) is 5.38. The molecule has 0 spiro atoms. The third-order valence-electron chi connectivity index (χ3n) is 3.78. The van der Waals surface area contributed by atoms with Gasteiger partial charge in [-0.3, -0.25) is 4.79 Å². The van der Waals surface area contributed by atoms with Crippen molar-refractivity contribution >= 4 is 17.2 Å². The Labute approximate surface area is 146 Å². The van der Waals surface area contributed by atoms with Crippen LogP contribution in [0.4, 0.5) is 13.2 Å². The number of rotatable bonds is 5. The number of hydrogen-bond acceptors (Lipinski definition) is 3. The maximum Gasteiger partial charge on any atom is 0.417 e. The van der Waals surface area contributed by atoms with Crippen LogP contribution in [-0.2, 0) is 6.18 Å². The summed E-state index contributed by atoms with van der Waals surface area (Å²) in [6, 6.07) is 10.1. The van der Waals surface area contributed by atoms with Crippen LogP contribution in [0.2, 0.25) is 0 Å². The smallest absolute Gasteiger partial charge is 0.417 e. The van der Waals surface area contributed by atoms with Crippen molar-refractivity contribution in [2.75, 3.05) is 6.54 Å². The van der Waals surface area contributed by atoms with Gasteiger partial charge in [0.05, 0.1) is 23.3 Å². The Balaban J connectivity index is 1.80. The predicted octanol–water partition coefficient (Wildman–Crippen LogP) is 4.92. The summed E-state index contributed by atoms with van der Waals surface area (Å²) in [6.07, 6.45) is -3.06. The van der Waals surface area contributed by atoms with E-state index in [4.69, 9.17) is 4.42 Å². The van der Waals surface area contributed by atoms with Gasteiger partial charge in [0.2, 0.25) is 0 Å². The number of carbonyl (C=O) groups is 1. The average molecular weight is 365 g/mol. The molecule has 0 aliphatic carbocycles. The molecule has 1 amide bonds. The van der Waals surface area contributed by atoms with Crippen LogP contribution in [0.15, 0.2) is 63.9 Å². The third kappa shape index (κ3) is 3.93. The summed E-state index contributed by atoms with van der Waals surface area (Å²) < 4.78 is 44.6. The average Bonchev–Trinajstić information content (AvgIpc) is 3.28. The summed E-state index contributed by atoms with van der Waals surface area (Å²) in [7, 11) is 0. The van der Waals surface area contributed by atoms with E-state index in [-0.39, 0.29) is 12.5 Å². The van der Waals surface area contributed by atoms with Gasteiger partial charge in [0, 0.05) is 6.54 Å². The lowest BCUT2D eigenvalue weighted by Gasteiger charge is -2.16. The minimum absolute atomic E-state index is 0.134. The fraction of sp³-hybridized carbons (Fsp3) is 0.167. The van der Waals surface area contributed by atoms with Gasteiger partial charge in [-0.2, -0.15) is 24.5 Å². The SMILES string of the molecule is O=C(NCC(c1ccsc1)c1ccco1)c1ccccc1C(F)(F)F. The van der Waals surface area contributed by atoms with Crippen molar-refractivity contribution in [2.45, 2.75) is 12.1 Å². The van der Waals surface area contributed by atoms with Crippen molar-refractivity contribution in [1.29, 1.82) is 0 Å². The Morgan fingerprint density at radius 3 is 2.60 bits per heavy atom. The quantitative estimate of drug-likeness (QED) is 0.697. The lowest BCUT2D eigenvalue weighted by Crippen LogP contribution is -2.30. The summed E-state index contributed by atoms with van der Waals surface area (Å²) in [6.45, 7) is 0.134. The summed E-state index contributed by atoms with van der Waals surface area (Å²) in [5, 5.41) is 6.41. The molecule has 0 fully saturated rings. The highest BCUT2D eigenvalue weighted by Crippen LogP contribution is 2.32. The fourth-order valence-electron chi connectivity index (χ4n) is 2.56. The highest BCUT2D eigenvalue weighted by Gasteiger charge is 2.35. The first kappa shape index (κ1) is 17.3. The number of carbonyl (C=O) groups excluding carboxylic acids is 1. The zero-order chi connectivity index (χ0) is 17.9. The Morgan fingerprint density at radius 1 is 1.16 bits per heavy atom. The lowest BCUT2D eigenvalue weighted by atomic mass is 9.99. The molecule has 130 valence electrons. The maximum absolute atomic E-state index is 13.1. The van der Waals surface area contributed by atoms with Gasteiger partial charge in [-0.1, -0.05) is 12.1 Å². The number of halogens is 3. The van der Waals surface area contributed by atoms with Gasteiger partial charge >= 0.3 is 6.18 Å². The van der Waals surface area contributed by atoms with Crippen LogP contribution in [0, 0.1) is 0 Å². The number of amides is 1. The van der Waals surface area contributed by atoms with Crippen molar-refractivity contribution in [1.82, 2.24) is 5.32 Å². The molecule has 3 rings (SSSR count). The number of alkyl halides is 3. The Kier molecular flexibility index (Phi) is 4.94. The number of benzene rings is 1. The van der Waals surface area contributed by atoms with Crippen molar-refractivity contribution in [3.05, 3.63) is 81.9 Å². The molecule has 0 saturated carbocycles. The number of nitrogens with one attached hydrogen (secondary N) is 1. The lowest BCUT2D eigenvalue weighted by molar-refractivity contribution is -0.137. The number of hydrogen-bond donors (Lipinski definition) is 1. The van der Waals surface area contributed by atoms with Gasteiger partial charge < -0.3 is 9.73 Å². The van der Waals surface area contributed by atoms with Gasteiger partial charge in [0.1, 0.15) is 5.76 Å². The van der Waals surface area contributed by atoms with Crippen LogP contribution in [0.25, 0.3) is 0 Å². The van der Waals surface area contributed by atoms with E-state index >= 15 is 0 Å². The van der Waals surface area contributed by atoms with Gasteiger partial charge in [-0.15, -0.1) is 0 Å². The molecule has 0 bridgehead atoms. The number of furan rings is 1. The standard InChI is InChI=1S/C18H14F3NO2S/c19-18(20,21)15-5-2-1-4-13(15)17(23)22-10-14(12-7-9-25-11-12)16-6-3-8-24-16/h1-9,11,14H,10H2,(H,22,23). The molecule has 1 aromatic carbocycles. The summed E-state index contributed by atoms with van der Waals surface area (Å²) in [4.78, 5) is 12.3. The molecule has 1 atom stereocenters. The van der Waals surface area contributed by atoms with E-state index in [0.29, 0.717) is 5.76 Å². The monoisotopic (exact) mass is 365 g/mol. The Hall–Kier alpha value is -2.54. The zero-order valence-corrected chi connectivity index (χ0v) is 13.7. The summed E-state index contributed by atoms with van der Waals surface area (Å²) >= 11 is 1.50. The van der Waals surface area contributed by atoms with E-state index in [1.165, 1.54) is 35.8 Å². The summed E-state index contributed by atoms with van der Waals surface area (Å²) in [5.74, 6) is -0.384. The Morgan fingerprint density at radius 2 is 1.96 bits per heavy atom. The van der Waals surface area contributed by atoms with Crippen LogP contribution in [0.3, 0.4) is 0 Å². The van der Waals surface area contributed by atoms with Gasteiger partial charge in [-0.05, 0) is 46.7 Å². The first-order valence-corrected chi connectivity index (χ1v) is 8.41. The van der Waals surface area contributed by atoms with Gasteiger partial charge in [0.25, 0.3) is 5.91 Å². The molecule has 7 heteroatoms. The second-order valence-corrected chi connectivity index (χ2v) is 6.16. The molecule has 2 aromatic heterocycles. The molecule has 2 heterocycles. The first-order chi connectivity index (χ1) is 12.0. The summed E-state index contributed by atoms with van der Waals surface area (Å²) in [5.41, 5.74) is -0.402. The van der Waals surface area contributed by atoms with E-state index in [2.05, 4.69) is 5.32 Å². The largest absolute Gasteiger partial charge is 0.469 e. The molecule has 3 aromatic rings. The topological polar surface area (TPSA) is 42.2 Å². The Bertz CT molecular complexity index is 792. The minimum atomic E-state index is -4.58. The van der Waals surface area contributed by atoms with Crippen LogP contribution >= 0.6 is 11.3 Å². The molecule has 25 heavy (non-hydrogen) atoms. The minimum Gasteiger partial charge on any atom is -0.469 e. The normalized spacial score (nSPS) is 12.8. The van der Waals surface area contributed by atoms with Crippen LogP contribution < -0.4 is 5.32 Å². The van der Waals surface area contributed by atoms with E-state index < -0.39 is 23.2 Å². The highest BCUT2D eigenvalue weighted by molar-refractivity contribution is 7.08. The molecule has 1 unspecified atom stereocenters. The van der Waals surface area contributed by atoms with Crippen LogP contribution in [-0.4, -0.2) is 12.5 Å². The molecule has 1 N–H and O–H groups in total. The molecule has 0 radical (unpaired) electrons. The van der Waals surface area contributed by atoms with Gasteiger partial charge in [-0.25, -0.2) is 0 Å². The molecule has 0 aliphatic rings. The molecular weight excluding hydrogens is 351 g/mol. The number of thiophene rings is 1. The van der Waals surface area contributed by atoms with Crippen LogP contribution in [0.5, 0.6) is 0 Å². The van der Waals surface area contributed by atoms with Crippen LogP contribution in [0.1, 0.15) is 33.2 Å². The molecule has 0 aliphatic heterocycles. The van der Waals surface area contributed by atoms with Crippen molar-refractivity contribution in [3.63, 3.8) is 0 Å². The van der Waals surface area contributed by atoms with Gasteiger partial charge in [0.15, 0.2) is 0 Å². The first-order valence-electron chi connectivity index (χ1n) is 7.46. The van der Waals surface area contributed by atoms with E-state index in [0.717, 1.165) is 11.6 Å². The van der Waals surface area contributed by atoms with E-state index in [1.54, 1.807) is 12.1 Å². The second kappa shape index (κ2) is 7.14. The third-order valence-corrected chi connectivity index (χ3v) is 4.48. The van der Waals surface area contributed by atoms with Crippen molar-refractivity contribution in [3.8, 4) is 0 Å². The van der Waals surface area contributed by atoms with E-state index in [9.17, 15) is 18.0 Å².